The predicted octanol–water partition coefficient (Wildman–Crippen LogP) is 3.27. The lowest BCUT2D eigenvalue weighted by Gasteiger charge is -1.99. The Morgan fingerprint density at radius 3 is 3.07 bits per heavy atom. The molecule has 2 nitrogen and oxygen atoms in total. The topological polar surface area (TPSA) is 17.3 Å². The minimum absolute atomic E-state index is 0.935. The number of imidazole rings is 1. The van der Waals surface area contributed by atoms with Crippen LogP contribution in [0.2, 0.25) is 0 Å². The van der Waals surface area contributed by atoms with Gasteiger partial charge in [-0.25, -0.2) is 4.98 Å². The third-order valence-corrected chi connectivity index (χ3v) is 3.23. The third kappa shape index (κ3) is 1.68. The van der Waals surface area contributed by atoms with Gasteiger partial charge in [0.25, 0.3) is 0 Å². The fraction of sp³-hybridized carbons (Fsp3) is 0.300. The first kappa shape index (κ1) is 10.1. The fourth-order valence-electron chi connectivity index (χ4n) is 1.45. The number of aromatic nitrogens is 2. The molecule has 14 heavy (non-hydrogen) atoms. The summed E-state index contributed by atoms with van der Waals surface area (Å²) in [6, 6.07) is 4.24. The zero-order valence-corrected chi connectivity index (χ0v) is 10.5. The lowest BCUT2D eigenvalue weighted by atomic mass is 10.3. The molecule has 0 fully saturated rings. The smallest absolute Gasteiger partial charge is 0.132 e. The summed E-state index contributed by atoms with van der Waals surface area (Å²) in [5.41, 5.74) is 2.41. The van der Waals surface area contributed by atoms with Crippen LogP contribution in [0.4, 0.5) is 0 Å². The highest BCUT2D eigenvalue weighted by atomic mass is 79.9. The van der Waals surface area contributed by atoms with Crippen LogP contribution in [-0.2, 0) is 5.75 Å². The van der Waals surface area contributed by atoms with E-state index in [1.54, 1.807) is 11.8 Å². The van der Waals surface area contributed by atoms with E-state index in [-0.39, 0.29) is 0 Å². The maximum Gasteiger partial charge on any atom is 0.132 e. The molecule has 0 atom stereocenters. The normalized spacial score (nSPS) is 11.1. The van der Waals surface area contributed by atoms with Crippen LogP contribution >= 0.6 is 27.7 Å². The van der Waals surface area contributed by atoms with Gasteiger partial charge in [0, 0.05) is 6.20 Å². The molecule has 2 aromatic rings. The van der Waals surface area contributed by atoms with Crippen molar-refractivity contribution in [1.82, 2.24) is 9.38 Å². The largest absolute Gasteiger partial charge is 0.302 e. The van der Waals surface area contributed by atoms with Gasteiger partial charge in [0.05, 0.1) is 11.3 Å². The van der Waals surface area contributed by atoms with Crippen molar-refractivity contribution in [3.05, 3.63) is 34.3 Å². The molecule has 0 aliphatic rings. The molecule has 0 spiro atoms. The molecule has 2 heterocycles. The number of nitrogens with zero attached hydrogens (tertiary/aromatic N) is 2. The molecule has 2 rings (SSSR count). The molecule has 2 aromatic heterocycles. The Hall–Kier alpha value is -0.480. The summed E-state index contributed by atoms with van der Waals surface area (Å²) in [5.74, 6) is 2.04. The van der Waals surface area contributed by atoms with Crippen molar-refractivity contribution in [2.45, 2.75) is 12.7 Å². The van der Waals surface area contributed by atoms with Crippen molar-refractivity contribution in [3.8, 4) is 0 Å². The van der Waals surface area contributed by atoms with Crippen LogP contribution in [-0.4, -0.2) is 15.6 Å². The summed E-state index contributed by atoms with van der Waals surface area (Å²) in [5, 5.41) is 0. The van der Waals surface area contributed by atoms with Crippen LogP contribution in [0.15, 0.2) is 22.9 Å². The van der Waals surface area contributed by atoms with E-state index in [0.29, 0.717) is 0 Å². The first-order valence-electron chi connectivity index (χ1n) is 4.34. The molecule has 0 saturated heterocycles. The number of pyridine rings is 1. The van der Waals surface area contributed by atoms with Gasteiger partial charge in [-0.1, -0.05) is 0 Å². The second kappa shape index (κ2) is 3.95. The summed E-state index contributed by atoms with van der Waals surface area (Å²) in [7, 11) is 0. The van der Waals surface area contributed by atoms with E-state index in [2.05, 4.69) is 56.8 Å². The van der Waals surface area contributed by atoms with Crippen LogP contribution in [0.25, 0.3) is 5.52 Å². The van der Waals surface area contributed by atoms with Crippen molar-refractivity contribution in [2.24, 2.45) is 0 Å². The first-order chi connectivity index (χ1) is 6.72. The molecule has 0 aliphatic carbocycles. The minimum Gasteiger partial charge on any atom is -0.302 e. The average Bonchev–Trinajstić information content (AvgIpc) is 2.44. The van der Waals surface area contributed by atoms with Crippen LogP contribution in [0.3, 0.4) is 0 Å². The predicted molar refractivity (Wildman–Crippen MR) is 64.8 cm³/mol. The molecule has 0 aliphatic heterocycles. The first-order valence-corrected chi connectivity index (χ1v) is 6.53. The highest BCUT2D eigenvalue weighted by Crippen LogP contribution is 2.21. The van der Waals surface area contributed by atoms with Gasteiger partial charge >= 0.3 is 0 Å². The Labute approximate surface area is 95.9 Å². The van der Waals surface area contributed by atoms with Gasteiger partial charge in [0.15, 0.2) is 0 Å². The molecular weight excluding hydrogens is 260 g/mol. The molecule has 0 radical (unpaired) electrons. The highest BCUT2D eigenvalue weighted by molar-refractivity contribution is 9.10. The van der Waals surface area contributed by atoms with Crippen LogP contribution in [0.1, 0.15) is 11.4 Å². The molecule has 0 aromatic carbocycles. The summed E-state index contributed by atoms with van der Waals surface area (Å²) in [6.07, 6.45) is 4.16. The molecule has 0 unspecified atom stereocenters. The van der Waals surface area contributed by atoms with Crippen molar-refractivity contribution >= 4 is 33.2 Å². The zero-order valence-electron chi connectivity index (χ0n) is 8.12. The van der Waals surface area contributed by atoms with E-state index in [4.69, 9.17) is 0 Å². The van der Waals surface area contributed by atoms with Gasteiger partial charge in [-0.15, -0.1) is 0 Å². The number of fused-ring (bicyclic) bond motifs is 1. The van der Waals surface area contributed by atoms with E-state index in [9.17, 15) is 0 Å². The van der Waals surface area contributed by atoms with Gasteiger partial charge in [-0.2, -0.15) is 11.8 Å². The SMILES string of the molecule is CSCc1nc(Br)c2cc(C)ccn12. The van der Waals surface area contributed by atoms with E-state index in [0.717, 1.165) is 21.7 Å². The number of hydrogen-bond acceptors (Lipinski definition) is 2. The van der Waals surface area contributed by atoms with Gasteiger partial charge < -0.3 is 4.40 Å². The summed E-state index contributed by atoms with van der Waals surface area (Å²) in [6.45, 7) is 2.09. The average molecular weight is 271 g/mol. The fourth-order valence-corrected chi connectivity index (χ4v) is 2.42. The molecule has 74 valence electrons. The van der Waals surface area contributed by atoms with Crippen LogP contribution < -0.4 is 0 Å². The molecular formula is C10H11BrN2S. The van der Waals surface area contributed by atoms with Gasteiger partial charge in [-0.3, -0.25) is 0 Å². The maximum atomic E-state index is 4.48. The Morgan fingerprint density at radius 1 is 1.57 bits per heavy atom. The monoisotopic (exact) mass is 270 g/mol. The summed E-state index contributed by atoms with van der Waals surface area (Å²) < 4.78 is 3.07. The lowest BCUT2D eigenvalue weighted by Crippen LogP contribution is -1.91. The van der Waals surface area contributed by atoms with E-state index >= 15 is 0 Å². The number of aryl methyl sites for hydroxylation is 1. The molecule has 0 saturated carbocycles. The van der Waals surface area contributed by atoms with Crippen molar-refractivity contribution in [2.75, 3.05) is 6.26 Å². The van der Waals surface area contributed by atoms with Gasteiger partial charge in [0.1, 0.15) is 10.4 Å². The van der Waals surface area contributed by atoms with Crippen LogP contribution in [0.5, 0.6) is 0 Å². The number of hydrogen-bond donors (Lipinski definition) is 0. The second-order valence-electron chi connectivity index (χ2n) is 3.21. The third-order valence-electron chi connectivity index (χ3n) is 2.10. The van der Waals surface area contributed by atoms with Gasteiger partial charge in [-0.05, 0) is 46.8 Å². The minimum atomic E-state index is 0.935. The quantitative estimate of drug-likeness (QED) is 0.834. The number of thioether (sulfide) groups is 1. The van der Waals surface area contributed by atoms with E-state index in [1.165, 1.54) is 5.56 Å². The number of halogens is 1. The maximum absolute atomic E-state index is 4.48. The number of rotatable bonds is 2. The van der Waals surface area contributed by atoms with E-state index in [1.807, 2.05) is 0 Å². The molecule has 0 amide bonds. The molecule has 4 heteroatoms. The zero-order chi connectivity index (χ0) is 10.1. The molecule has 0 bridgehead atoms. The standard InChI is InChI=1S/C10H11BrN2S/c1-7-3-4-13-8(5-7)10(11)12-9(13)6-14-2/h3-5H,6H2,1-2H3. The summed E-state index contributed by atoms with van der Waals surface area (Å²) in [4.78, 5) is 4.48. The van der Waals surface area contributed by atoms with E-state index < -0.39 is 0 Å². The second-order valence-corrected chi connectivity index (χ2v) is 4.83. The lowest BCUT2D eigenvalue weighted by molar-refractivity contribution is 1.02. The summed E-state index contributed by atoms with van der Waals surface area (Å²) >= 11 is 5.26. The van der Waals surface area contributed by atoms with Crippen molar-refractivity contribution in [3.63, 3.8) is 0 Å². The Morgan fingerprint density at radius 2 is 2.36 bits per heavy atom. The highest BCUT2D eigenvalue weighted by Gasteiger charge is 2.07. The van der Waals surface area contributed by atoms with Crippen molar-refractivity contribution < 1.29 is 0 Å². The Bertz CT molecular complexity index is 464. The van der Waals surface area contributed by atoms with Gasteiger partial charge in [0.2, 0.25) is 0 Å². The van der Waals surface area contributed by atoms with Crippen LogP contribution in [0, 0.1) is 6.92 Å². The van der Waals surface area contributed by atoms with Crippen molar-refractivity contribution in [1.29, 1.82) is 0 Å². The Balaban J connectivity index is 2.65. The molecule has 0 N–H and O–H groups in total. The Kier molecular flexibility index (Phi) is 2.83.